The summed E-state index contributed by atoms with van der Waals surface area (Å²) in [6.45, 7) is 0.677. The number of thioether (sulfide) groups is 1. The fourth-order valence-electron chi connectivity index (χ4n) is 3.47. The van der Waals surface area contributed by atoms with E-state index >= 15 is 0 Å². The van der Waals surface area contributed by atoms with Crippen LogP contribution in [0.5, 0.6) is 0 Å². The van der Waals surface area contributed by atoms with Gasteiger partial charge in [0, 0.05) is 23.7 Å². The Labute approximate surface area is 207 Å². The zero-order valence-electron chi connectivity index (χ0n) is 17.7. The molecule has 166 valence electrons. The second-order valence-electron chi connectivity index (χ2n) is 7.41. The molecular weight excluding hydrogens is 472 g/mol. The van der Waals surface area contributed by atoms with E-state index in [-0.39, 0.29) is 24.8 Å². The molecule has 1 aliphatic heterocycles. The highest BCUT2D eigenvalue weighted by molar-refractivity contribution is 8.26. The van der Waals surface area contributed by atoms with Crippen LogP contribution in [0.2, 0.25) is 5.02 Å². The molecule has 1 aliphatic rings. The first-order chi connectivity index (χ1) is 16.0. The van der Waals surface area contributed by atoms with E-state index < -0.39 is 0 Å². The summed E-state index contributed by atoms with van der Waals surface area (Å²) in [6, 6.07) is 26.7. The Balaban J connectivity index is 1.47. The Morgan fingerprint density at radius 3 is 2.30 bits per heavy atom. The summed E-state index contributed by atoms with van der Waals surface area (Å²) in [5.41, 5.74) is 2.60. The van der Waals surface area contributed by atoms with Crippen LogP contribution in [-0.2, 0) is 16.1 Å². The van der Waals surface area contributed by atoms with Crippen LogP contribution in [0.15, 0.2) is 89.8 Å². The molecule has 7 heteroatoms. The van der Waals surface area contributed by atoms with E-state index in [2.05, 4.69) is 0 Å². The quantitative estimate of drug-likeness (QED) is 0.292. The van der Waals surface area contributed by atoms with Gasteiger partial charge in [0.05, 0.1) is 11.4 Å². The monoisotopic (exact) mass is 492 g/mol. The first kappa shape index (κ1) is 23.2. The van der Waals surface area contributed by atoms with Crippen molar-refractivity contribution in [2.24, 2.45) is 0 Å². The Kier molecular flexibility index (Phi) is 7.60. The second kappa shape index (κ2) is 10.8. The molecule has 0 unspecified atom stereocenters. The number of halogens is 1. The minimum atomic E-state index is -0.202. The summed E-state index contributed by atoms with van der Waals surface area (Å²) in [7, 11) is 0. The largest absolute Gasteiger partial charge is 0.308 e. The van der Waals surface area contributed by atoms with Gasteiger partial charge in [-0.15, -0.1) is 0 Å². The number of para-hydroxylation sites is 1. The zero-order chi connectivity index (χ0) is 23.2. The maximum absolute atomic E-state index is 13.2. The van der Waals surface area contributed by atoms with E-state index in [1.165, 1.54) is 16.7 Å². The summed E-state index contributed by atoms with van der Waals surface area (Å²) in [5.74, 6) is -0.277. The number of amides is 2. The fourth-order valence-corrected chi connectivity index (χ4v) is 4.96. The predicted octanol–water partition coefficient (Wildman–Crippen LogP) is 6.16. The van der Waals surface area contributed by atoms with Crippen LogP contribution in [0.4, 0.5) is 5.69 Å². The number of carbonyl (C=O) groups is 2. The molecular formula is C26H21ClN2O2S2. The molecule has 0 bridgehead atoms. The lowest BCUT2D eigenvalue weighted by atomic mass is 10.1. The maximum atomic E-state index is 13.2. The highest BCUT2D eigenvalue weighted by atomic mass is 35.5. The van der Waals surface area contributed by atoms with Crippen molar-refractivity contribution in [2.75, 3.05) is 11.4 Å². The summed E-state index contributed by atoms with van der Waals surface area (Å²) in [5, 5.41) is 0.567. The molecule has 0 aliphatic carbocycles. The van der Waals surface area contributed by atoms with Crippen molar-refractivity contribution in [1.82, 2.24) is 4.90 Å². The molecule has 0 spiro atoms. The Bertz CT molecular complexity index is 1200. The van der Waals surface area contributed by atoms with E-state index in [0.717, 1.165) is 16.8 Å². The normalized spacial score (nSPS) is 14.7. The molecule has 0 atom stereocenters. The van der Waals surface area contributed by atoms with Crippen molar-refractivity contribution in [3.63, 3.8) is 0 Å². The standard InChI is InChI=1S/C26H21ClN2O2S2/c27-22-14-8-7-11-20(22)17-23-25(31)28(26(32)33-23)16-15-24(30)29(21-12-5-2-6-13-21)18-19-9-3-1-4-10-19/h1-14,17H,15-16,18H2/b23-17+. The van der Waals surface area contributed by atoms with Gasteiger partial charge in [0.15, 0.2) is 0 Å². The number of benzene rings is 3. The first-order valence-corrected chi connectivity index (χ1v) is 12.0. The van der Waals surface area contributed by atoms with Crippen LogP contribution in [0, 0.1) is 0 Å². The molecule has 4 nitrogen and oxygen atoms in total. The lowest BCUT2D eigenvalue weighted by molar-refractivity contribution is -0.123. The minimum absolute atomic E-state index is 0.0748. The molecule has 0 radical (unpaired) electrons. The van der Waals surface area contributed by atoms with Gasteiger partial charge in [-0.2, -0.15) is 0 Å². The molecule has 4 rings (SSSR count). The van der Waals surface area contributed by atoms with Crippen LogP contribution in [-0.4, -0.2) is 27.6 Å². The predicted molar refractivity (Wildman–Crippen MR) is 140 cm³/mol. The maximum Gasteiger partial charge on any atom is 0.266 e. The van der Waals surface area contributed by atoms with Crippen LogP contribution in [0.3, 0.4) is 0 Å². The average molecular weight is 493 g/mol. The van der Waals surface area contributed by atoms with Crippen LogP contribution in [0.1, 0.15) is 17.5 Å². The Morgan fingerprint density at radius 2 is 1.61 bits per heavy atom. The fraction of sp³-hybridized carbons (Fsp3) is 0.115. The molecule has 2 amide bonds. The van der Waals surface area contributed by atoms with E-state index in [1.807, 2.05) is 78.9 Å². The molecule has 1 heterocycles. The molecule has 3 aromatic carbocycles. The van der Waals surface area contributed by atoms with E-state index in [4.69, 9.17) is 23.8 Å². The number of anilines is 1. The SMILES string of the molecule is O=C1/C(=C\c2ccccc2Cl)SC(=S)N1CCC(=O)N(Cc1ccccc1)c1ccccc1. The van der Waals surface area contributed by atoms with Gasteiger partial charge in [0.2, 0.25) is 5.91 Å². The summed E-state index contributed by atoms with van der Waals surface area (Å²) in [6.07, 6.45) is 1.91. The summed E-state index contributed by atoms with van der Waals surface area (Å²) >= 11 is 12.9. The van der Waals surface area contributed by atoms with Gasteiger partial charge in [-0.05, 0) is 35.4 Å². The van der Waals surface area contributed by atoms with Gasteiger partial charge in [0.25, 0.3) is 5.91 Å². The van der Waals surface area contributed by atoms with E-state index in [0.29, 0.717) is 20.8 Å². The number of hydrogen-bond acceptors (Lipinski definition) is 4. The van der Waals surface area contributed by atoms with E-state index in [1.54, 1.807) is 17.0 Å². The summed E-state index contributed by atoms with van der Waals surface area (Å²) < 4.78 is 0.445. The molecule has 1 fully saturated rings. The van der Waals surface area contributed by atoms with E-state index in [9.17, 15) is 9.59 Å². The molecule has 0 N–H and O–H groups in total. The third-order valence-electron chi connectivity index (χ3n) is 5.17. The van der Waals surface area contributed by atoms with Crippen molar-refractivity contribution >= 4 is 63.5 Å². The zero-order valence-corrected chi connectivity index (χ0v) is 20.1. The minimum Gasteiger partial charge on any atom is -0.308 e. The van der Waals surface area contributed by atoms with Crippen LogP contribution in [0.25, 0.3) is 6.08 Å². The van der Waals surface area contributed by atoms with Gasteiger partial charge in [-0.3, -0.25) is 14.5 Å². The first-order valence-electron chi connectivity index (χ1n) is 10.4. The number of hydrogen-bond donors (Lipinski definition) is 0. The van der Waals surface area contributed by atoms with Gasteiger partial charge in [-0.1, -0.05) is 102 Å². The van der Waals surface area contributed by atoms with Crippen molar-refractivity contribution < 1.29 is 9.59 Å². The molecule has 0 aromatic heterocycles. The molecule has 1 saturated heterocycles. The van der Waals surface area contributed by atoms with Gasteiger partial charge in [-0.25, -0.2) is 0 Å². The van der Waals surface area contributed by atoms with Crippen LogP contribution >= 0.6 is 35.6 Å². The molecule has 33 heavy (non-hydrogen) atoms. The van der Waals surface area contributed by atoms with Crippen molar-refractivity contribution in [3.05, 3.63) is 106 Å². The van der Waals surface area contributed by atoms with Gasteiger partial charge in [0.1, 0.15) is 4.32 Å². The van der Waals surface area contributed by atoms with Crippen molar-refractivity contribution in [2.45, 2.75) is 13.0 Å². The van der Waals surface area contributed by atoms with Crippen molar-refractivity contribution in [1.29, 1.82) is 0 Å². The number of carbonyl (C=O) groups excluding carboxylic acids is 2. The number of thiocarbonyl (C=S) groups is 1. The average Bonchev–Trinajstić information content (AvgIpc) is 3.10. The van der Waals surface area contributed by atoms with Crippen LogP contribution < -0.4 is 4.90 Å². The van der Waals surface area contributed by atoms with Gasteiger partial charge < -0.3 is 4.90 Å². The number of nitrogens with zero attached hydrogens (tertiary/aromatic N) is 2. The lowest BCUT2D eigenvalue weighted by Crippen LogP contribution is -2.36. The topological polar surface area (TPSA) is 40.6 Å². The van der Waals surface area contributed by atoms with Crippen molar-refractivity contribution in [3.8, 4) is 0 Å². The van der Waals surface area contributed by atoms with Gasteiger partial charge >= 0.3 is 0 Å². The number of rotatable bonds is 7. The Hall–Kier alpha value is -2.93. The highest BCUT2D eigenvalue weighted by Crippen LogP contribution is 2.34. The summed E-state index contributed by atoms with van der Waals surface area (Å²) in [4.78, 5) is 29.9. The second-order valence-corrected chi connectivity index (χ2v) is 9.49. The molecule has 0 saturated carbocycles. The third kappa shape index (κ3) is 5.71. The highest BCUT2D eigenvalue weighted by Gasteiger charge is 2.32. The Morgan fingerprint density at radius 1 is 0.970 bits per heavy atom. The molecule has 3 aromatic rings. The lowest BCUT2D eigenvalue weighted by Gasteiger charge is -2.24. The smallest absolute Gasteiger partial charge is 0.266 e. The third-order valence-corrected chi connectivity index (χ3v) is 6.89.